The molecule has 0 bridgehead atoms. The van der Waals surface area contributed by atoms with Crippen LogP contribution in [0, 0.1) is 0 Å². The molecule has 4 rings (SSSR count). The average molecular weight is 303 g/mol. The van der Waals surface area contributed by atoms with Gasteiger partial charge in [0.05, 0.1) is 6.04 Å². The Morgan fingerprint density at radius 1 is 0.870 bits per heavy atom. The van der Waals surface area contributed by atoms with Crippen LogP contribution in [0.4, 0.5) is 0 Å². The van der Waals surface area contributed by atoms with Gasteiger partial charge in [-0.05, 0) is 43.1 Å². The number of carbonyl (C=O) groups is 1. The van der Waals surface area contributed by atoms with E-state index in [1.807, 2.05) is 30.3 Å². The molecule has 1 unspecified atom stereocenters. The van der Waals surface area contributed by atoms with Crippen molar-refractivity contribution in [3.8, 4) is 0 Å². The fraction of sp³-hybridized carbons (Fsp3) is 0.286. The summed E-state index contributed by atoms with van der Waals surface area (Å²) >= 11 is 0. The lowest BCUT2D eigenvalue weighted by atomic mass is 9.99. The highest BCUT2D eigenvalue weighted by Gasteiger charge is 2.38. The van der Waals surface area contributed by atoms with E-state index in [2.05, 4.69) is 35.2 Å². The van der Waals surface area contributed by atoms with Crippen LogP contribution in [0.1, 0.15) is 46.8 Å². The summed E-state index contributed by atoms with van der Waals surface area (Å²) in [5.74, 6) is 0.194. The first kappa shape index (κ1) is 14.4. The van der Waals surface area contributed by atoms with Gasteiger partial charge in [0, 0.05) is 11.1 Å². The van der Waals surface area contributed by atoms with Gasteiger partial charge >= 0.3 is 0 Å². The first-order chi connectivity index (χ1) is 11.3. The highest BCUT2D eigenvalue weighted by molar-refractivity contribution is 6.16. The number of piperidine rings is 1. The molecular weight excluding hydrogens is 282 g/mol. The van der Waals surface area contributed by atoms with Crippen molar-refractivity contribution in [3.63, 3.8) is 0 Å². The van der Waals surface area contributed by atoms with Crippen LogP contribution in [0.3, 0.4) is 0 Å². The maximum Gasteiger partial charge on any atom is 0.191 e. The molecule has 2 aromatic carbocycles. The Balaban J connectivity index is 1.80. The molecule has 0 aromatic heterocycles. The van der Waals surface area contributed by atoms with Gasteiger partial charge < -0.3 is 0 Å². The van der Waals surface area contributed by atoms with E-state index in [9.17, 15) is 4.79 Å². The number of ketones is 1. The van der Waals surface area contributed by atoms with E-state index in [0.717, 1.165) is 29.8 Å². The van der Waals surface area contributed by atoms with Crippen LogP contribution in [-0.2, 0) is 0 Å². The summed E-state index contributed by atoms with van der Waals surface area (Å²) in [4.78, 5) is 15.4. The van der Waals surface area contributed by atoms with Crippen molar-refractivity contribution in [1.29, 1.82) is 0 Å². The van der Waals surface area contributed by atoms with Gasteiger partial charge in [-0.3, -0.25) is 9.69 Å². The third-order valence-corrected chi connectivity index (χ3v) is 4.93. The summed E-state index contributed by atoms with van der Waals surface area (Å²) < 4.78 is 0. The van der Waals surface area contributed by atoms with Crippen molar-refractivity contribution in [2.24, 2.45) is 0 Å². The van der Waals surface area contributed by atoms with Gasteiger partial charge in [-0.25, -0.2) is 0 Å². The largest absolute Gasteiger partial charge is 0.292 e. The van der Waals surface area contributed by atoms with E-state index in [1.54, 1.807) is 0 Å². The minimum absolute atomic E-state index is 0.124. The minimum Gasteiger partial charge on any atom is -0.292 e. The van der Waals surface area contributed by atoms with E-state index >= 15 is 0 Å². The first-order valence-corrected chi connectivity index (χ1v) is 8.49. The maximum atomic E-state index is 13.0. The fourth-order valence-electron chi connectivity index (χ4n) is 3.83. The number of rotatable bonds is 2. The topological polar surface area (TPSA) is 20.3 Å². The van der Waals surface area contributed by atoms with Crippen molar-refractivity contribution in [2.45, 2.75) is 25.3 Å². The third-order valence-electron chi connectivity index (χ3n) is 4.93. The first-order valence-electron chi connectivity index (χ1n) is 8.49. The molecule has 116 valence electrons. The molecule has 0 saturated carbocycles. The van der Waals surface area contributed by atoms with Crippen LogP contribution >= 0.6 is 0 Å². The smallest absolute Gasteiger partial charge is 0.191 e. The van der Waals surface area contributed by atoms with Crippen molar-refractivity contribution in [2.75, 3.05) is 13.1 Å². The van der Waals surface area contributed by atoms with Gasteiger partial charge in [-0.2, -0.15) is 0 Å². The van der Waals surface area contributed by atoms with E-state index in [0.29, 0.717) is 0 Å². The number of benzene rings is 2. The monoisotopic (exact) mass is 303 g/mol. The van der Waals surface area contributed by atoms with E-state index in [1.165, 1.54) is 24.8 Å². The van der Waals surface area contributed by atoms with Crippen LogP contribution in [-0.4, -0.2) is 23.8 Å². The molecule has 1 atom stereocenters. The molecule has 0 spiro atoms. The highest BCUT2D eigenvalue weighted by atomic mass is 16.1. The van der Waals surface area contributed by atoms with Crippen LogP contribution < -0.4 is 0 Å². The van der Waals surface area contributed by atoms with Crippen molar-refractivity contribution >= 4 is 11.9 Å². The lowest BCUT2D eigenvalue weighted by Crippen LogP contribution is -2.33. The molecule has 0 N–H and O–H groups in total. The summed E-state index contributed by atoms with van der Waals surface area (Å²) in [7, 11) is 0. The molecule has 1 saturated heterocycles. The second-order valence-electron chi connectivity index (χ2n) is 6.43. The van der Waals surface area contributed by atoms with Crippen LogP contribution in [0.25, 0.3) is 6.08 Å². The standard InChI is InChI=1S/C21H21NO/c23-21-18-12-6-5-11-17(18)20(22-13-7-2-8-14-22)19(21)15-16-9-3-1-4-10-16/h1,3-6,9-12,15,20H,2,7-8,13-14H2/b19-15+. The van der Waals surface area contributed by atoms with E-state index in [4.69, 9.17) is 0 Å². The summed E-state index contributed by atoms with van der Waals surface area (Å²) in [5, 5.41) is 0. The Morgan fingerprint density at radius 2 is 1.57 bits per heavy atom. The molecule has 2 nitrogen and oxygen atoms in total. The number of carbonyl (C=O) groups excluding carboxylic acids is 1. The number of likely N-dealkylation sites (tertiary alicyclic amines) is 1. The predicted molar refractivity (Wildman–Crippen MR) is 93.4 cm³/mol. The van der Waals surface area contributed by atoms with Gasteiger partial charge in [0.15, 0.2) is 5.78 Å². The van der Waals surface area contributed by atoms with Crippen molar-refractivity contribution < 1.29 is 4.79 Å². The lowest BCUT2D eigenvalue weighted by Gasteiger charge is -2.33. The zero-order valence-corrected chi connectivity index (χ0v) is 13.2. The molecule has 2 aliphatic rings. The Labute approximate surface area is 137 Å². The number of Topliss-reactive ketones (excluding diaryl/α,β-unsaturated/α-hetero) is 1. The molecule has 1 heterocycles. The Hall–Kier alpha value is -2.19. The van der Waals surface area contributed by atoms with Gasteiger partial charge in [0.2, 0.25) is 0 Å². The molecule has 0 radical (unpaired) electrons. The third kappa shape index (κ3) is 2.64. The Morgan fingerprint density at radius 3 is 2.35 bits per heavy atom. The molecule has 0 amide bonds. The fourth-order valence-corrected chi connectivity index (χ4v) is 3.83. The average Bonchev–Trinajstić information content (AvgIpc) is 2.89. The van der Waals surface area contributed by atoms with Crippen LogP contribution in [0.15, 0.2) is 60.2 Å². The normalized spacial score (nSPS) is 23.2. The SMILES string of the molecule is O=C1/C(=C/c2ccccc2)C(N2CCCCC2)c2ccccc21. The van der Waals surface area contributed by atoms with Crippen LogP contribution in [0.2, 0.25) is 0 Å². The van der Waals surface area contributed by atoms with Gasteiger partial charge in [-0.15, -0.1) is 0 Å². The predicted octanol–water partition coefficient (Wildman–Crippen LogP) is 4.49. The summed E-state index contributed by atoms with van der Waals surface area (Å²) in [5.41, 5.74) is 4.09. The second-order valence-corrected chi connectivity index (χ2v) is 6.43. The summed E-state index contributed by atoms with van der Waals surface area (Å²) in [6.45, 7) is 2.16. The number of fused-ring (bicyclic) bond motifs is 1. The van der Waals surface area contributed by atoms with Crippen molar-refractivity contribution in [3.05, 3.63) is 76.9 Å². The lowest BCUT2D eigenvalue weighted by molar-refractivity contribution is 0.102. The molecule has 1 aliphatic heterocycles. The molecule has 1 aliphatic carbocycles. The minimum atomic E-state index is 0.124. The number of hydrogen-bond acceptors (Lipinski definition) is 2. The molecular formula is C21H21NO. The Bertz CT molecular complexity index is 741. The highest BCUT2D eigenvalue weighted by Crippen LogP contribution is 2.41. The maximum absolute atomic E-state index is 13.0. The zero-order chi connectivity index (χ0) is 15.6. The molecule has 2 aromatic rings. The molecule has 23 heavy (non-hydrogen) atoms. The van der Waals surface area contributed by atoms with Gasteiger partial charge in [0.25, 0.3) is 0 Å². The molecule has 1 fully saturated rings. The number of hydrogen-bond donors (Lipinski definition) is 0. The molecule has 2 heteroatoms. The Kier molecular flexibility index (Phi) is 3.84. The quantitative estimate of drug-likeness (QED) is 0.762. The zero-order valence-electron chi connectivity index (χ0n) is 13.2. The van der Waals surface area contributed by atoms with Crippen LogP contribution in [0.5, 0.6) is 0 Å². The van der Waals surface area contributed by atoms with Gasteiger partial charge in [-0.1, -0.05) is 61.0 Å². The van der Waals surface area contributed by atoms with Gasteiger partial charge in [0.1, 0.15) is 0 Å². The summed E-state index contributed by atoms with van der Waals surface area (Å²) in [6, 6.07) is 18.4. The second kappa shape index (κ2) is 6.13. The van der Waals surface area contributed by atoms with Crippen molar-refractivity contribution in [1.82, 2.24) is 4.90 Å². The number of nitrogens with zero attached hydrogens (tertiary/aromatic N) is 1. The van der Waals surface area contributed by atoms with E-state index < -0.39 is 0 Å². The van der Waals surface area contributed by atoms with E-state index in [-0.39, 0.29) is 11.8 Å². The summed E-state index contributed by atoms with van der Waals surface area (Å²) in [6.07, 6.45) is 5.84.